The summed E-state index contributed by atoms with van der Waals surface area (Å²) in [6.07, 6.45) is 3.43. The number of halogens is 1. The van der Waals surface area contributed by atoms with Gasteiger partial charge in [0.2, 0.25) is 0 Å². The Kier molecular flexibility index (Phi) is 6.20. The molecule has 2 heterocycles. The van der Waals surface area contributed by atoms with Crippen LogP contribution in [0.3, 0.4) is 0 Å². The number of pyridine rings is 1. The summed E-state index contributed by atoms with van der Waals surface area (Å²) in [5.41, 5.74) is 2.61. The number of anilines is 2. The lowest BCUT2D eigenvalue weighted by molar-refractivity contribution is 0.223. The van der Waals surface area contributed by atoms with Gasteiger partial charge < -0.3 is 15.0 Å². The van der Waals surface area contributed by atoms with Gasteiger partial charge >= 0.3 is 6.03 Å². The van der Waals surface area contributed by atoms with Gasteiger partial charge in [-0.25, -0.2) is 4.79 Å². The van der Waals surface area contributed by atoms with Crippen LogP contribution in [0.4, 0.5) is 16.2 Å². The normalized spacial score (nSPS) is 14.6. The van der Waals surface area contributed by atoms with Gasteiger partial charge in [0.15, 0.2) is 0 Å². The molecule has 1 aliphatic rings. The van der Waals surface area contributed by atoms with Gasteiger partial charge in [-0.2, -0.15) is 0 Å². The van der Waals surface area contributed by atoms with E-state index in [0.717, 1.165) is 42.5 Å². The molecule has 1 saturated heterocycles. The van der Waals surface area contributed by atoms with Gasteiger partial charge in [-0.05, 0) is 37.1 Å². The number of methoxy groups -OCH3 is 1. The van der Waals surface area contributed by atoms with Gasteiger partial charge in [-0.3, -0.25) is 9.29 Å². The first-order chi connectivity index (χ1) is 14.6. The largest absolute Gasteiger partial charge is 0.497 e. The zero-order valence-corrected chi connectivity index (χ0v) is 18.2. The first kappa shape index (κ1) is 20.6. The number of rotatable bonds is 4. The lowest BCUT2D eigenvalue weighted by Crippen LogP contribution is -2.44. The maximum absolute atomic E-state index is 12.6. The molecule has 0 atom stereocenters. The molecule has 0 unspecified atom stereocenters. The predicted molar refractivity (Wildman–Crippen MR) is 125 cm³/mol. The number of aromatic nitrogens is 1. The zero-order chi connectivity index (χ0) is 21.1. The fourth-order valence-electron chi connectivity index (χ4n) is 3.80. The minimum absolute atomic E-state index is 0.0480. The van der Waals surface area contributed by atoms with Gasteiger partial charge in [-0.15, -0.1) is 0 Å². The molecule has 8 heteroatoms. The minimum atomic E-state index is -0.244. The lowest BCUT2D eigenvalue weighted by Gasteiger charge is -2.37. The van der Waals surface area contributed by atoms with Gasteiger partial charge in [0.1, 0.15) is 5.75 Å². The minimum Gasteiger partial charge on any atom is -0.497 e. The second kappa shape index (κ2) is 9.02. The summed E-state index contributed by atoms with van der Waals surface area (Å²) in [4.78, 5) is 19.4. The molecule has 156 valence electrons. The van der Waals surface area contributed by atoms with Crippen molar-refractivity contribution in [1.29, 1.82) is 0 Å². The molecule has 1 fully saturated rings. The molecule has 3 aromatic rings. The lowest BCUT2D eigenvalue weighted by atomic mass is 10.0. The van der Waals surface area contributed by atoms with E-state index in [4.69, 9.17) is 16.3 Å². The zero-order valence-electron chi connectivity index (χ0n) is 16.6. The summed E-state index contributed by atoms with van der Waals surface area (Å²) in [7, 11) is 1.60. The van der Waals surface area contributed by atoms with Crippen molar-refractivity contribution in [3.05, 3.63) is 59.8 Å². The van der Waals surface area contributed by atoms with Crippen molar-refractivity contribution in [3.63, 3.8) is 0 Å². The molecule has 0 spiro atoms. The molecular formula is C22H23ClN4O2S. The topological polar surface area (TPSA) is 57.7 Å². The van der Waals surface area contributed by atoms with E-state index in [1.807, 2.05) is 42.5 Å². The Morgan fingerprint density at radius 3 is 2.77 bits per heavy atom. The maximum Gasteiger partial charge on any atom is 0.331 e. The number of benzene rings is 2. The van der Waals surface area contributed by atoms with Crippen LogP contribution in [0.1, 0.15) is 12.8 Å². The van der Waals surface area contributed by atoms with Crippen LogP contribution in [-0.2, 0) is 0 Å². The average molecular weight is 443 g/mol. The summed E-state index contributed by atoms with van der Waals surface area (Å²) in [5.74, 6) is 0.691. The highest BCUT2D eigenvalue weighted by Gasteiger charge is 2.27. The number of para-hydroxylation sites is 1. The van der Waals surface area contributed by atoms with Crippen LogP contribution in [0.2, 0.25) is 5.02 Å². The van der Waals surface area contributed by atoms with E-state index in [0.29, 0.717) is 16.5 Å². The monoisotopic (exact) mass is 442 g/mol. The number of thiol groups is 1. The van der Waals surface area contributed by atoms with Crippen LogP contribution >= 0.6 is 24.4 Å². The molecule has 2 aromatic carbocycles. The summed E-state index contributed by atoms with van der Waals surface area (Å²) in [6, 6.07) is 14.9. The Morgan fingerprint density at radius 2 is 2.00 bits per heavy atom. The quantitative estimate of drug-likeness (QED) is 0.542. The van der Waals surface area contributed by atoms with Crippen molar-refractivity contribution >= 4 is 52.7 Å². The Hall–Kier alpha value is -2.64. The fraction of sp³-hybridized carbons (Fsp3) is 0.273. The van der Waals surface area contributed by atoms with Crippen LogP contribution in [0, 0.1) is 0 Å². The number of nitrogens with one attached hydrogen (secondary N) is 1. The van der Waals surface area contributed by atoms with Gasteiger partial charge in [-0.1, -0.05) is 42.6 Å². The molecule has 30 heavy (non-hydrogen) atoms. The van der Waals surface area contributed by atoms with Gasteiger partial charge in [0.05, 0.1) is 17.6 Å². The summed E-state index contributed by atoms with van der Waals surface area (Å²) in [6.45, 7) is 1.64. The Labute approximate surface area is 186 Å². The number of fused-ring (bicyclic) bond motifs is 1. The van der Waals surface area contributed by atoms with E-state index in [9.17, 15) is 4.79 Å². The van der Waals surface area contributed by atoms with Crippen LogP contribution in [0.15, 0.2) is 54.7 Å². The summed E-state index contributed by atoms with van der Waals surface area (Å²) >= 11 is 10.8. The van der Waals surface area contributed by atoms with Crippen LogP contribution in [0.5, 0.6) is 5.75 Å². The molecule has 1 aliphatic heterocycles. The number of amides is 2. The van der Waals surface area contributed by atoms with E-state index >= 15 is 0 Å². The van der Waals surface area contributed by atoms with E-state index in [-0.39, 0.29) is 12.1 Å². The number of piperidine rings is 1. The number of ether oxygens (including phenoxy) is 1. The summed E-state index contributed by atoms with van der Waals surface area (Å²) in [5, 5.41) is 4.58. The maximum atomic E-state index is 12.6. The molecule has 4 rings (SSSR count). The van der Waals surface area contributed by atoms with Crippen molar-refractivity contribution < 1.29 is 9.53 Å². The average Bonchev–Trinajstić information content (AvgIpc) is 2.79. The molecule has 2 amide bonds. The Bertz CT molecular complexity index is 1060. The molecule has 0 radical (unpaired) electrons. The molecule has 1 aromatic heterocycles. The number of nitrogens with zero attached hydrogens (tertiary/aromatic N) is 3. The van der Waals surface area contributed by atoms with Crippen molar-refractivity contribution in [2.45, 2.75) is 18.9 Å². The van der Waals surface area contributed by atoms with Crippen LogP contribution in [0.25, 0.3) is 10.9 Å². The van der Waals surface area contributed by atoms with E-state index in [1.165, 1.54) is 4.31 Å². The molecular weight excluding hydrogens is 420 g/mol. The third-order valence-corrected chi connectivity index (χ3v) is 6.19. The van der Waals surface area contributed by atoms with Gasteiger partial charge in [0, 0.05) is 48.2 Å². The second-order valence-corrected chi connectivity index (χ2v) is 8.03. The summed E-state index contributed by atoms with van der Waals surface area (Å²) < 4.78 is 6.70. The number of hydrogen-bond donors (Lipinski definition) is 2. The van der Waals surface area contributed by atoms with E-state index in [2.05, 4.69) is 28.0 Å². The van der Waals surface area contributed by atoms with Crippen LogP contribution < -0.4 is 15.0 Å². The smallest absolute Gasteiger partial charge is 0.331 e. The Morgan fingerprint density at radius 1 is 1.23 bits per heavy atom. The first-order valence-corrected chi connectivity index (χ1v) is 10.6. The SMILES string of the molecule is COc1cccc(NC(=O)N(S)C2CCN(c3ccnc4c(Cl)cccc34)CC2)c1. The third kappa shape index (κ3) is 4.27. The third-order valence-electron chi connectivity index (χ3n) is 5.38. The number of hydrogen-bond acceptors (Lipinski definition) is 5. The highest BCUT2D eigenvalue weighted by molar-refractivity contribution is 7.78. The molecule has 0 saturated carbocycles. The fourth-order valence-corrected chi connectivity index (χ4v) is 4.30. The molecule has 0 aliphatic carbocycles. The highest BCUT2D eigenvalue weighted by atomic mass is 35.5. The first-order valence-electron chi connectivity index (χ1n) is 9.78. The van der Waals surface area contributed by atoms with Crippen molar-refractivity contribution in [2.75, 3.05) is 30.4 Å². The highest BCUT2D eigenvalue weighted by Crippen LogP contribution is 2.32. The number of carbonyl (C=O) groups is 1. The number of urea groups is 1. The predicted octanol–water partition coefficient (Wildman–Crippen LogP) is 5.24. The van der Waals surface area contributed by atoms with Crippen LogP contribution in [-0.4, -0.2) is 41.6 Å². The Balaban J connectivity index is 1.41. The van der Waals surface area contributed by atoms with Crippen molar-refractivity contribution in [2.24, 2.45) is 0 Å². The van der Waals surface area contributed by atoms with E-state index < -0.39 is 0 Å². The number of carbonyl (C=O) groups excluding carboxylic acids is 1. The van der Waals surface area contributed by atoms with Crippen molar-refractivity contribution in [3.8, 4) is 5.75 Å². The molecule has 6 nitrogen and oxygen atoms in total. The van der Waals surface area contributed by atoms with E-state index in [1.54, 1.807) is 19.4 Å². The second-order valence-electron chi connectivity index (χ2n) is 7.19. The van der Waals surface area contributed by atoms with Crippen molar-refractivity contribution in [1.82, 2.24) is 9.29 Å². The standard InChI is InChI=1S/C22H23ClN4O2S/c1-29-17-5-2-4-15(14-17)25-22(28)27(30)16-9-12-26(13-10-16)20-8-11-24-21-18(20)6-3-7-19(21)23/h2-8,11,14,16,30H,9-10,12-13H2,1H3,(H,25,28). The molecule has 0 bridgehead atoms. The molecule has 1 N–H and O–H groups in total. The van der Waals surface area contributed by atoms with Gasteiger partial charge in [0.25, 0.3) is 0 Å².